The lowest BCUT2D eigenvalue weighted by Gasteiger charge is -2.06. The molecule has 0 aliphatic carbocycles. The number of para-hydroxylation sites is 1. The predicted molar refractivity (Wildman–Crippen MR) is 132 cm³/mol. The van der Waals surface area contributed by atoms with E-state index in [1.165, 1.54) is 93.9 Å². The molecule has 0 radical (unpaired) electrons. The monoisotopic (exact) mass is 417 g/mol. The van der Waals surface area contributed by atoms with Crippen LogP contribution in [-0.2, 0) is 13.0 Å². The number of aromatic nitrogens is 2. The Morgan fingerprint density at radius 3 is 2.00 bits per heavy atom. The zero-order valence-electron chi connectivity index (χ0n) is 19.5. The molecule has 0 saturated heterocycles. The van der Waals surface area contributed by atoms with Crippen molar-refractivity contribution in [3.63, 3.8) is 0 Å². The number of imidazole rings is 1. The summed E-state index contributed by atoms with van der Waals surface area (Å²) in [7, 11) is 0. The highest BCUT2D eigenvalue weighted by atomic mass is 15.1. The summed E-state index contributed by atoms with van der Waals surface area (Å²) in [6, 6.07) is 19.5. The van der Waals surface area contributed by atoms with Crippen molar-refractivity contribution in [3.05, 3.63) is 84.4 Å². The van der Waals surface area contributed by atoms with Crippen LogP contribution in [0.2, 0.25) is 0 Å². The Labute approximate surface area is 190 Å². The van der Waals surface area contributed by atoms with Crippen molar-refractivity contribution < 1.29 is 4.57 Å². The van der Waals surface area contributed by atoms with Gasteiger partial charge < -0.3 is 0 Å². The summed E-state index contributed by atoms with van der Waals surface area (Å²) in [5, 5.41) is 0. The average molecular weight is 418 g/mol. The van der Waals surface area contributed by atoms with Crippen molar-refractivity contribution in [2.75, 3.05) is 0 Å². The van der Waals surface area contributed by atoms with Crippen molar-refractivity contribution in [1.29, 1.82) is 0 Å². The van der Waals surface area contributed by atoms with Crippen LogP contribution >= 0.6 is 0 Å². The largest absolute Gasteiger partial charge is 0.249 e. The van der Waals surface area contributed by atoms with E-state index in [0.29, 0.717) is 0 Å². The third-order valence-corrected chi connectivity index (χ3v) is 6.22. The van der Waals surface area contributed by atoms with E-state index in [0.717, 1.165) is 6.54 Å². The van der Waals surface area contributed by atoms with Crippen LogP contribution in [0.3, 0.4) is 0 Å². The van der Waals surface area contributed by atoms with Gasteiger partial charge in [-0.2, -0.15) is 0 Å². The molecule has 0 spiro atoms. The molecule has 0 amide bonds. The number of benzene rings is 2. The lowest BCUT2D eigenvalue weighted by atomic mass is 10.0. The molecule has 0 aliphatic rings. The molecule has 31 heavy (non-hydrogen) atoms. The summed E-state index contributed by atoms with van der Waals surface area (Å²) < 4.78 is 4.53. The highest BCUT2D eigenvalue weighted by Crippen LogP contribution is 2.18. The number of rotatable bonds is 15. The van der Waals surface area contributed by atoms with Gasteiger partial charge in [-0.25, -0.2) is 9.13 Å². The fourth-order valence-corrected chi connectivity index (χ4v) is 4.38. The topological polar surface area (TPSA) is 8.81 Å². The Morgan fingerprint density at radius 1 is 0.677 bits per heavy atom. The Kier molecular flexibility index (Phi) is 10.4. The molecular formula is C29H41N2+. The number of unbranched alkanes of at least 4 members (excludes halogenated alkanes) is 10. The third kappa shape index (κ3) is 8.36. The molecule has 2 aromatic carbocycles. The summed E-state index contributed by atoms with van der Waals surface area (Å²) in [4.78, 5) is 0. The summed E-state index contributed by atoms with van der Waals surface area (Å²) in [6.07, 6.45) is 23.1. The van der Waals surface area contributed by atoms with Gasteiger partial charge in [0.2, 0.25) is 6.33 Å². The Hall–Kier alpha value is -2.35. The quantitative estimate of drug-likeness (QED) is 0.177. The van der Waals surface area contributed by atoms with E-state index in [1.54, 1.807) is 0 Å². The molecule has 0 bridgehead atoms. The molecule has 2 heteroatoms. The second-order valence-electron chi connectivity index (χ2n) is 8.89. The SMILES string of the molecule is CCCCCCCCCCCCCc1ccccc1-n1cc[n+](Cc2ccccc2)c1. The lowest BCUT2D eigenvalue weighted by Crippen LogP contribution is -2.31. The fourth-order valence-electron chi connectivity index (χ4n) is 4.38. The lowest BCUT2D eigenvalue weighted by molar-refractivity contribution is -0.687. The van der Waals surface area contributed by atoms with Crippen molar-refractivity contribution in [2.45, 2.75) is 90.5 Å². The number of hydrogen-bond acceptors (Lipinski definition) is 0. The van der Waals surface area contributed by atoms with E-state index in [1.807, 2.05) is 0 Å². The van der Waals surface area contributed by atoms with Gasteiger partial charge in [-0.05, 0) is 30.0 Å². The fraction of sp³-hybridized carbons (Fsp3) is 0.483. The van der Waals surface area contributed by atoms with Crippen LogP contribution in [0.15, 0.2) is 73.3 Å². The van der Waals surface area contributed by atoms with Gasteiger partial charge in [0, 0.05) is 0 Å². The van der Waals surface area contributed by atoms with Crippen LogP contribution in [0.1, 0.15) is 88.7 Å². The van der Waals surface area contributed by atoms with Gasteiger partial charge in [0.05, 0.1) is 0 Å². The van der Waals surface area contributed by atoms with Gasteiger partial charge in [0.15, 0.2) is 0 Å². The normalized spacial score (nSPS) is 11.1. The van der Waals surface area contributed by atoms with Crippen LogP contribution < -0.4 is 4.57 Å². The van der Waals surface area contributed by atoms with Crippen LogP contribution in [0.4, 0.5) is 0 Å². The van der Waals surface area contributed by atoms with Crippen molar-refractivity contribution in [3.8, 4) is 5.69 Å². The van der Waals surface area contributed by atoms with E-state index in [2.05, 4.69) is 89.4 Å². The van der Waals surface area contributed by atoms with Gasteiger partial charge in [-0.15, -0.1) is 0 Å². The number of hydrogen-bond donors (Lipinski definition) is 0. The highest BCUT2D eigenvalue weighted by molar-refractivity contribution is 5.40. The van der Waals surface area contributed by atoms with Crippen LogP contribution in [0.5, 0.6) is 0 Å². The van der Waals surface area contributed by atoms with Gasteiger partial charge in [-0.3, -0.25) is 0 Å². The van der Waals surface area contributed by atoms with E-state index in [-0.39, 0.29) is 0 Å². The number of nitrogens with zero attached hydrogens (tertiary/aromatic N) is 2. The standard InChI is InChI=1S/C29H41N2/c1-2-3-4-5-6-7-8-9-10-11-15-20-28-21-16-17-22-29(28)31-24-23-30(26-31)25-27-18-13-12-14-19-27/h12-14,16-19,21-24,26H,2-11,15,20,25H2,1H3/q+1. The maximum Gasteiger partial charge on any atom is 0.249 e. The second-order valence-corrected chi connectivity index (χ2v) is 8.89. The molecule has 0 fully saturated rings. The van der Waals surface area contributed by atoms with E-state index < -0.39 is 0 Å². The molecule has 1 aromatic heterocycles. The molecule has 0 N–H and O–H groups in total. The minimum Gasteiger partial charge on any atom is -0.232 e. The molecular weight excluding hydrogens is 376 g/mol. The maximum atomic E-state index is 2.30. The van der Waals surface area contributed by atoms with E-state index in [4.69, 9.17) is 0 Å². The Morgan fingerprint density at radius 2 is 1.29 bits per heavy atom. The van der Waals surface area contributed by atoms with Crippen LogP contribution in [0, 0.1) is 0 Å². The minimum absolute atomic E-state index is 0.911. The van der Waals surface area contributed by atoms with Crippen molar-refractivity contribution in [1.82, 2.24) is 4.57 Å². The first-order chi connectivity index (χ1) is 15.4. The zero-order valence-corrected chi connectivity index (χ0v) is 19.5. The first kappa shape index (κ1) is 23.3. The summed E-state index contributed by atoms with van der Waals surface area (Å²) in [6.45, 7) is 3.20. The second kappa shape index (κ2) is 13.9. The smallest absolute Gasteiger partial charge is 0.232 e. The van der Waals surface area contributed by atoms with E-state index >= 15 is 0 Å². The van der Waals surface area contributed by atoms with Gasteiger partial charge in [0.1, 0.15) is 24.6 Å². The zero-order chi connectivity index (χ0) is 21.6. The molecule has 1 heterocycles. The average Bonchev–Trinajstić information content (AvgIpc) is 3.26. The summed E-state index contributed by atoms with van der Waals surface area (Å²) in [5.41, 5.74) is 4.11. The molecule has 0 saturated carbocycles. The molecule has 3 rings (SSSR count). The van der Waals surface area contributed by atoms with E-state index in [9.17, 15) is 0 Å². The summed E-state index contributed by atoms with van der Waals surface area (Å²) >= 11 is 0. The molecule has 0 unspecified atom stereocenters. The molecule has 0 aliphatic heterocycles. The number of aryl methyl sites for hydroxylation is 1. The molecule has 2 nitrogen and oxygen atoms in total. The van der Waals surface area contributed by atoms with Gasteiger partial charge in [-0.1, -0.05) is 120 Å². The summed E-state index contributed by atoms with van der Waals surface area (Å²) in [5.74, 6) is 0. The molecule has 3 aromatic rings. The molecule has 0 atom stereocenters. The minimum atomic E-state index is 0.911. The highest BCUT2D eigenvalue weighted by Gasteiger charge is 2.11. The van der Waals surface area contributed by atoms with Crippen molar-refractivity contribution >= 4 is 0 Å². The van der Waals surface area contributed by atoms with Gasteiger partial charge in [0.25, 0.3) is 0 Å². The molecule has 166 valence electrons. The third-order valence-electron chi connectivity index (χ3n) is 6.22. The Balaban J connectivity index is 1.40. The first-order valence-corrected chi connectivity index (χ1v) is 12.6. The maximum absolute atomic E-state index is 2.30. The van der Waals surface area contributed by atoms with Crippen LogP contribution in [0.25, 0.3) is 5.69 Å². The van der Waals surface area contributed by atoms with Gasteiger partial charge >= 0.3 is 0 Å². The van der Waals surface area contributed by atoms with Crippen LogP contribution in [-0.4, -0.2) is 4.57 Å². The predicted octanol–water partition coefficient (Wildman–Crippen LogP) is 7.67. The van der Waals surface area contributed by atoms with Crippen molar-refractivity contribution in [2.24, 2.45) is 0 Å². The Bertz CT molecular complexity index is 850. The first-order valence-electron chi connectivity index (χ1n) is 12.6.